The van der Waals surface area contributed by atoms with Gasteiger partial charge in [-0.25, -0.2) is 0 Å². The molecule has 0 aliphatic heterocycles. The van der Waals surface area contributed by atoms with Crippen LogP contribution in [-0.2, 0) is 9.59 Å². The number of carbonyl (C=O) groups excluding carboxylic acids is 2. The summed E-state index contributed by atoms with van der Waals surface area (Å²) in [4.78, 5) is 18.8. The van der Waals surface area contributed by atoms with Gasteiger partial charge < -0.3 is 0 Å². The fourth-order valence-corrected chi connectivity index (χ4v) is 0.0208. The molecule has 0 saturated heterocycles. The summed E-state index contributed by atoms with van der Waals surface area (Å²) in [7, 11) is 0. The molecule has 0 amide bonds. The molecule has 0 bridgehead atoms. The van der Waals surface area contributed by atoms with Crippen molar-refractivity contribution in [3.63, 3.8) is 0 Å². The van der Waals surface area contributed by atoms with Crippen molar-refractivity contribution < 1.29 is 9.59 Å². The number of hydrogen-bond acceptors (Lipinski definition) is 2. The molecule has 2 radical (unpaired) electrons. The van der Waals surface area contributed by atoms with E-state index in [0.29, 0.717) is 0 Å². The van der Waals surface area contributed by atoms with Crippen molar-refractivity contribution in [3.8, 4) is 0 Å². The first-order chi connectivity index (χ1) is 3.12. The Balaban J connectivity index is 3.82. The molecule has 0 saturated carbocycles. The van der Waals surface area contributed by atoms with Gasteiger partial charge in [-0.2, -0.15) is 0 Å². The maximum atomic E-state index is 9.41. The largest absolute Gasteiger partial charge is 0.287 e. The minimum atomic E-state index is -2.08. The van der Waals surface area contributed by atoms with Crippen molar-refractivity contribution >= 4 is 35.8 Å². The van der Waals surface area contributed by atoms with Crippen molar-refractivity contribution in [2.45, 2.75) is 4.33 Å². The number of alkyl halides is 2. The molecule has 0 atom stereocenters. The summed E-state index contributed by atoms with van der Waals surface area (Å²) in [5, 5.41) is 0. The van der Waals surface area contributed by atoms with E-state index in [9.17, 15) is 9.59 Å². The average molecular weight is 139 g/mol. The Bertz CT molecular complexity index is 78.9. The first-order valence-corrected chi connectivity index (χ1v) is 2.04. The van der Waals surface area contributed by atoms with E-state index in [2.05, 4.69) is 0 Å². The molecule has 0 N–H and O–H groups in total. The molecule has 0 aromatic heterocycles. The molecule has 4 heteroatoms. The topological polar surface area (TPSA) is 34.1 Å². The van der Waals surface area contributed by atoms with Gasteiger partial charge in [0.1, 0.15) is 0 Å². The van der Waals surface area contributed by atoms with Crippen LogP contribution in [0.15, 0.2) is 0 Å². The summed E-state index contributed by atoms with van der Waals surface area (Å²) in [5.74, 6) is 0. The normalized spacial score (nSPS) is 10.6. The molecule has 7 heavy (non-hydrogen) atoms. The summed E-state index contributed by atoms with van der Waals surface area (Å²) in [6, 6.07) is 0. The van der Waals surface area contributed by atoms with E-state index in [1.54, 1.807) is 0 Å². The summed E-state index contributed by atoms with van der Waals surface area (Å²) in [5.41, 5.74) is 0. The van der Waals surface area contributed by atoms with E-state index in [1.165, 1.54) is 0 Å². The van der Waals surface area contributed by atoms with Gasteiger partial charge in [-0.3, -0.25) is 9.59 Å². The highest BCUT2D eigenvalue weighted by atomic mass is 35.5. The second-order valence-corrected chi connectivity index (χ2v) is 2.11. The summed E-state index contributed by atoms with van der Waals surface area (Å²) >= 11 is 9.65. The van der Waals surface area contributed by atoms with Gasteiger partial charge in [-0.1, -0.05) is 23.2 Å². The maximum absolute atomic E-state index is 9.41. The van der Waals surface area contributed by atoms with Gasteiger partial charge in [-0.15, -0.1) is 0 Å². The Morgan fingerprint density at radius 2 is 1.43 bits per heavy atom. The molecular weight excluding hydrogens is 139 g/mol. The molecule has 2 nitrogen and oxygen atoms in total. The lowest BCUT2D eigenvalue weighted by atomic mass is 10.5. The summed E-state index contributed by atoms with van der Waals surface area (Å²) < 4.78 is -2.08. The number of hydrogen-bond donors (Lipinski definition) is 0. The van der Waals surface area contributed by atoms with Crippen LogP contribution in [0.1, 0.15) is 0 Å². The van der Waals surface area contributed by atoms with E-state index in [-0.39, 0.29) is 0 Å². The lowest BCUT2D eigenvalue weighted by Gasteiger charge is -1.92. The van der Waals surface area contributed by atoms with Crippen LogP contribution >= 0.6 is 23.2 Å². The smallest absolute Gasteiger partial charge is 0.248 e. The summed E-state index contributed by atoms with van der Waals surface area (Å²) in [6.07, 6.45) is 2.10. The van der Waals surface area contributed by atoms with Gasteiger partial charge >= 0.3 is 0 Å². The highest BCUT2D eigenvalue weighted by Crippen LogP contribution is 2.12. The van der Waals surface area contributed by atoms with Crippen molar-refractivity contribution in [3.05, 3.63) is 0 Å². The third kappa shape index (κ3) is 2.60. The van der Waals surface area contributed by atoms with Crippen LogP contribution in [0.4, 0.5) is 0 Å². The van der Waals surface area contributed by atoms with E-state index >= 15 is 0 Å². The fourth-order valence-electron chi connectivity index (χ4n) is 0.0208. The lowest BCUT2D eigenvalue weighted by Crippen LogP contribution is -2.14. The van der Waals surface area contributed by atoms with Gasteiger partial charge in [0.05, 0.1) is 0 Å². The Morgan fingerprint density at radius 1 is 1.14 bits per heavy atom. The first-order valence-electron chi connectivity index (χ1n) is 1.29. The molecule has 0 heterocycles. The molecule has 0 spiro atoms. The fraction of sp³-hybridized carbons (Fsp3) is 0.333. The Morgan fingerprint density at radius 3 is 1.43 bits per heavy atom. The average Bonchev–Trinajstić information content (AvgIpc) is 1.68. The van der Waals surface area contributed by atoms with Gasteiger partial charge in [0.25, 0.3) is 0 Å². The van der Waals surface area contributed by atoms with Crippen molar-refractivity contribution in [1.82, 2.24) is 0 Å². The van der Waals surface area contributed by atoms with E-state index in [0.717, 1.165) is 12.6 Å². The summed E-state index contributed by atoms with van der Waals surface area (Å²) in [6.45, 7) is 0. The first kappa shape index (κ1) is 6.92. The highest BCUT2D eigenvalue weighted by molar-refractivity contribution is 6.63. The molecule has 0 rings (SSSR count). The molecule has 38 valence electrons. The quantitative estimate of drug-likeness (QED) is 0.409. The predicted molar refractivity (Wildman–Crippen MR) is 25.8 cm³/mol. The Kier molecular flexibility index (Phi) is 2.26. The van der Waals surface area contributed by atoms with Crippen LogP contribution in [0, 0.1) is 0 Å². The predicted octanol–water partition coefficient (Wildman–Crippen LogP) is 0.380. The van der Waals surface area contributed by atoms with Crippen LogP contribution < -0.4 is 0 Å². The zero-order valence-corrected chi connectivity index (χ0v) is 4.58. The van der Waals surface area contributed by atoms with Crippen molar-refractivity contribution in [2.24, 2.45) is 0 Å². The molecular formula is C3Cl2O2. The van der Waals surface area contributed by atoms with Crippen LogP contribution in [-0.4, -0.2) is 16.9 Å². The molecule has 0 fully saturated rings. The minimum Gasteiger partial charge on any atom is -0.287 e. The highest BCUT2D eigenvalue weighted by Gasteiger charge is 2.23. The molecule has 0 aromatic carbocycles. The lowest BCUT2D eigenvalue weighted by molar-refractivity contribution is 0.539. The van der Waals surface area contributed by atoms with Crippen LogP contribution in [0.5, 0.6) is 0 Å². The third-order valence-electron chi connectivity index (χ3n) is 0.256. The monoisotopic (exact) mass is 138 g/mol. The van der Waals surface area contributed by atoms with Crippen molar-refractivity contribution in [2.75, 3.05) is 0 Å². The second-order valence-electron chi connectivity index (χ2n) is 0.779. The zero-order valence-electron chi connectivity index (χ0n) is 3.07. The number of rotatable bonds is 2. The molecule has 0 aliphatic rings. The second kappa shape index (κ2) is 2.28. The number of halogens is 2. The van der Waals surface area contributed by atoms with Gasteiger partial charge in [-0.05, 0) is 0 Å². The molecule has 0 aromatic rings. The van der Waals surface area contributed by atoms with Crippen LogP contribution in [0.3, 0.4) is 0 Å². The van der Waals surface area contributed by atoms with E-state index < -0.39 is 4.33 Å². The SMILES string of the molecule is O=[C]C(Cl)(Cl)[C]=O. The Hall–Kier alpha value is -0.0800. The van der Waals surface area contributed by atoms with Gasteiger partial charge in [0.2, 0.25) is 16.9 Å². The van der Waals surface area contributed by atoms with Gasteiger partial charge in [0.15, 0.2) is 0 Å². The Labute approximate surface area is 50.4 Å². The van der Waals surface area contributed by atoms with Crippen LogP contribution in [0.25, 0.3) is 0 Å². The van der Waals surface area contributed by atoms with E-state index in [4.69, 9.17) is 23.2 Å². The van der Waals surface area contributed by atoms with Crippen molar-refractivity contribution in [1.29, 1.82) is 0 Å². The molecule has 0 unspecified atom stereocenters. The standard InChI is InChI=1S/C3Cl2O2/c4-3(5,1-6)2-7. The minimum absolute atomic E-state index is 1.05. The maximum Gasteiger partial charge on any atom is 0.248 e. The zero-order chi connectivity index (χ0) is 5.91. The third-order valence-corrected chi connectivity index (χ3v) is 0.565. The van der Waals surface area contributed by atoms with Crippen LogP contribution in [0.2, 0.25) is 0 Å². The molecule has 0 aliphatic carbocycles. The van der Waals surface area contributed by atoms with Gasteiger partial charge in [0, 0.05) is 0 Å². The van der Waals surface area contributed by atoms with E-state index in [1.807, 2.05) is 0 Å².